The van der Waals surface area contributed by atoms with Crippen molar-refractivity contribution in [3.63, 3.8) is 0 Å². The standard InChI is InChI=1S/2C26H23P2.2ClH.2Ir/c2*1-22(27(23-14-6-2-7-15-23)24-16-8-3-9-17-24)28(25-18-10-4-11-19-25)26-20-12-5-13-21-26;;;;/h2*2-22H,1H2;2*1H;;/q2*-1;;;;/p-2. The molecule has 0 aliphatic rings. The Morgan fingerprint density at radius 2 is 0.317 bits per heavy atom. The summed E-state index contributed by atoms with van der Waals surface area (Å²) >= 11 is 0. The van der Waals surface area contributed by atoms with Crippen LogP contribution in [0.1, 0.15) is 0 Å². The molecular formula is C52H46Cl2Ir2P4-4. The zero-order valence-corrected chi connectivity index (χ0v) is 42.8. The number of hydrogen-bond acceptors (Lipinski definition) is 0. The molecule has 8 aromatic rings. The van der Waals surface area contributed by atoms with Crippen LogP contribution in [-0.2, 0) is 40.2 Å². The summed E-state index contributed by atoms with van der Waals surface area (Å²) < 4.78 is 0. The minimum atomic E-state index is -0.581. The Kier molecular flexibility index (Phi) is 23.6. The maximum absolute atomic E-state index is 4.80. The molecule has 0 spiro atoms. The maximum atomic E-state index is 4.80. The molecular weight excluding hydrogens is 1200 g/mol. The fourth-order valence-corrected chi connectivity index (χ4v) is 19.9. The van der Waals surface area contributed by atoms with E-state index < -0.39 is 31.7 Å². The summed E-state index contributed by atoms with van der Waals surface area (Å²) in [5.41, 5.74) is 0. The third-order valence-electron chi connectivity index (χ3n) is 9.47. The topological polar surface area (TPSA) is 0 Å². The fourth-order valence-electron chi connectivity index (χ4n) is 6.91. The van der Waals surface area contributed by atoms with Crippen LogP contribution in [0.15, 0.2) is 243 Å². The molecule has 0 saturated carbocycles. The fraction of sp³-hybridized carbons (Fsp3) is 0.0385. The van der Waals surface area contributed by atoms with Gasteiger partial charge in [0.1, 0.15) is 0 Å². The van der Waals surface area contributed by atoms with Gasteiger partial charge in [-0.2, -0.15) is 0 Å². The van der Waals surface area contributed by atoms with Gasteiger partial charge in [-0.3, -0.25) is 0 Å². The van der Waals surface area contributed by atoms with Crippen LogP contribution in [0, 0.1) is 13.8 Å². The summed E-state index contributed by atoms with van der Waals surface area (Å²) in [5.74, 6) is 0. The van der Waals surface area contributed by atoms with Crippen molar-refractivity contribution in [1.29, 1.82) is 0 Å². The molecule has 0 aromatic heterocycles. The van der Waals surface area contributed by atoms with Crippen molar-refractivity contribution in [1.82, 2.24) is 0 Å². The van der Waals surface area contributed by atoms with Crippen molar-refractivity contribution in [2.45, 2.75) is 10.8 Å². The predicted molar refractivity (Wildman–Crippen MR) is 255 cm³/mol. The molecule has 0 aliphatic heterocycles. The molecule has 0 fully saturated rings. The number of rotatable bonds is 12. The molecule has 2 radical (unpaired) electrons. The van der Waals surface area contributed by atoms with Gasteiger partial charge in [-0.25, -0.2) is 0 Å². The van der Waals surface area contributed by atoms with Crippen molar-refractivity contribution in [3.05, 3.63) is 257 Å². The second-order valence-corrected chi connectivity index (χ2v) is 23.5. The van der Waals surface area contributed by atoms with E-state index in [1.165, 1.54) is 42.4 Å². The van der Waals surface area contributed by atoms with E-state index in [0.29, 0.717) is 0 Å². The first-order valence-corrected chi connectivity index (χ1v) is 24.6. The van der Waals surface area contributed by atoms with Gasteiger partial charge in [0.05, 0.1) is 0 Å². The average Bonchev–Trinajstić information content (AvgIpc) is 3.27. The van der Waals surface area contributed by atoms with Crippen molar-refractivity contribution >= 4 is 74.1 Å². The normalized spacial score (nSPS) is 10.5. The number of benzene rings is 8. The van der Waals surface area contributed by atoms with Crippen molar-refractivity contribution in [2.24, 2.45) is 0 Å². The van der Waals surface area contributed by atoms with Crippen molar-refractivity contribution in [2.75, 3.05) is 0 Å². The Bertz CT molecular complexity index is 1810. The van der Waals surface area contributed by atoms with Gasteiger partial charge in [-0.1, -0.05) is 274 Å². The molecule has 0 amide bonds. The van der Waals surface area contributed by atoms with Crippen LogP contribution in [0.3, 0.4) is 0 Å². The van der Waals surface area contributed by atoms with E-state index in [9.17, 15) is 0 Å². The van der Waals surface area contributed by atoms with Crippen LogP contribution in [0.2, 0.25) is 0 Å². The van der Waals surface area contributed by atoms with Gasteiger partial charge in [0.15, 0.2) is 0 Å². The Labute approximate surface area is 403 Å². The number of halogens is 2. The van der Waals surface area contributed by atoms with E-state index in [-0.39, 0.29) is 75.8 Å². The molecule has 0 saturated heterocycles. The van der Waals surface area contributed by atoms with Gasteiger partial charge >= 0.3 is 0 Å². The summed E-state index contributed by atoms with van der Waals surface area (Å²) in [6.45, 7) is 9.60. The minimum absolute atomic E-state index is 0. The van der Waals surface area contributed by atoms with E-state index in [1.54, 1.807) is 0 Å². The van der Waals surface area contributed by atoms with E-state index in [0.717, 1.165) is 0 Å². The van der Waals surface area contributed by atoms with Gasteiger partial charge < -0.3 is 38.7 Å². The zero-order valence-electron chi connectivity index (χ0n) is 32.9. The molecule has 0 N–H and O–H groups in total. The summed E-state index contributed by atoms with van der Waals surface area (Å²) in [7, 11) is -2.32. The smallest absolute Gasteiger partial charge is 0 e. The molecule has 60 heavy (non-hydrogen) atoms. The Hall–Kier alpha value is -2.64. The molecule has 0 heterocycles. The summed E-state index contributed by atoms with van der Waals surface area (Å²) in [5, 5.41) is 11.7. The SMILES string of the molecule is [CH2-]C(P(c1ccccc1)c1ccccc1)P(c1ccccc1)c1ccccc1.[CH2-]C(P(c1ccccc1)c1ccccc1)P(c1ccccc1)c1ccccc1.[Cl-].[Cl-].[Ir].[Ir]. The predicted octanol–water partition coefficient (Wildman–Crippen LogP) is 4.83. The summed E-state index contributed by atoms with van der Waals surface area (Å²) in [6.07, 6.45) is 0. The quantitative estimate of drug-likeness (QED) is 0.122. The van der Waals surface area contributed by atoms with Crippen LogP contribution in [0.4, 0.5) is 0 Å². The first kappa shape index (κ1) is 51.7. The van der Waals surface area contributed by atoms with Gasteiger partial charge in [-0.05, 0) is 42.4 Å². The van der Waals surface area contributed by atoms with Crippen LogP contribution < -0.4 is 67.3 Å². The van der Waals surface area contributed by atoms with Crippen LogP contribution in [-0.4, -0.2) is 10.8 Å². The van der Waals surface area contributed by atoms with E-state index in [2.05, 4.69) is 243 Å². The van der Waals surface area contributed by atoms with Crippen LogP contribution >= 0.6 is 31.7 Å². The molecule has 0 bridgehead atoms. The molecule has 8 rings (SSSR count). The molecule has 8 heteroatoms. The van der Waals surface area contributed by atoms with Gasteiger partial charge in [0, 0.05) is 40.2 Å². The molecule has 0 unspecified atom stereocenters. The zero-order chi connectivity index (χ0) is 38.4. The minimum Gasteiger partial charge on any atom is -1.00 e. The van der Waals surface area contributed by atoms with Gasteiger partial charge in [0.2, 0.25) is 0 Å². The van der Waals surface area contributed by atoms with Crippen molar-refractivity contribution < 1.29 is 65.0 Å². The van der Waals surface area contributed by atoms with Crippen molar-refractivity contribution in [3.8, 4) is 0 Å². The van der Waals surface area contributed by atoms with Gasteiger partial charge in [0.25, 0.3) is 0 Å². The summed E-state index contributed by atoms with van der Waals surface area (Å²) in [6, 6.07) is 87.3. The second kappa shape index (κ2) is 27.4. The third kappa shape index (κ3) is 13.7. The molecule has 0 atom stereocenters. The summed E-state index contributed by atoms with van der Waals surface area (Å²) in [4.78, 5) is 0. The first-order chi connectivity index (χ1) is 27.7. The van der Waals surface area contributed by atoms with E-state index in [1.807, 2.05) is 0 Å². The second-order valence-electron chi connectivity index (χ2n) is 13.1. The molecule has 8 aromatic carbocycles. The number of hydrogen-bond donors (Lipinski definition) is 0. The maximum Gasteiger partial charge on any atom is 0 e. The monoisotopic (exact) mass is 1250 g/mol. The van der Waals surface area contributed by atoms with E-state index >= 15 is 0 Å². The Morgan fingerprint density at radius 1 is 0.217 bits per heavy atom. The molecule has 310 valence electrons. The van der Waals surface area contributed by atoms with Gasteiger partial charge in [-0.15, -0.1) is 10.8 Å². The molecule has 0 nitrogen and oxygen atoms in total. The Morgan fingerprint density at radius 3 is 0.417 bits per heavy atom. The van der Waals surface area contributed by atoms with Crippen LogP contribution in [0.5, 0.6) is 0 Å². The first-order valence-electron chi connectivity index (χ1n) is 18.9. The average molecular weight is 1250 g/mol. The third-order valence-corrected chi connectivity index (χ3v) is 21.5. The van der Waals surface area contributed by atoms with Crippen LogP contribution in [0.25, 0.3) is 0 Å². The Balaban J connectivity index is 0.000000300. The van der Waals surface area contributed by atoms with E-state index in [4.69, 9.17) is 13.8 Å². The largest absolute Gasteiger partial charge is 1.00 e. The molecule has 0 aliphatic carbocycles.